The quantitative estimate of drug-likeness (QED) is 0.881. The molecule has 1 aromatic heterocycles. The summed E-state index contributed by atoms with van der Waals surface area (Å²) in [7, 11) is 2.04. The highest BCUT2D eigenvalue weighted by molar-refractivity contribution is 5.77. The molecule has 1 saturated heterocycles. The summed E-state index contributed by atoms with van der Waals surface area (Å²) in [5.41, 5.74) is 2.86. The first-order valence-corrected chi connectivity index (χ1v) is 6.61. The van der Waals surface area contributed by atoms with Gasteiger partial charge in [0.05, 0.1) is 12.6 Å². The lowest BCUT2D eigenvalue weighted by molar-refractivity contribution is 0.133. The van der Waals surface area contributed by atoms with Gasteiger partial charge in [-0.3, -0.25) is 4.90 Å². The average molecular weight is 261 g/mol. The highest BCUT2D eigenvalue weighted by atomic mass is 16.4. The number of nitrogens with zero attached hydrogens (tertiary/aromatic N) is 3. The van der Waals surface area contributed by atoms with Gasteiger partial charge in [0.1, 0.15) is 5.52 Å². The minimum atomic E-state index is 0.143. The minimum absolute atomic E-state index is 0.143. The van der Waals surface area contributed by atoms with E-state index in [1.165, 1.54) is 0 Å². The number of aryl methyl sites for hydroxylation is 1. The highest BCUT2D eigenvalue weighted by Crippen LogP contribution is 2.25. The molecule has 1 N–H and O–H groups in total. The molecule has 3 rings (SSSR count). The molecule has 5 heteroatoms. The Bertz CT molecular complexity index is 581. The maximum absolute atomic E-state index is 9.39. The molecular formula is C14H19N3O2. The van der Waals surface area contributed by atoms with Crippen LogP contribution in [0.4, 0.5) is 6.01 Å². The van der Waals surface area contributed by atoms with Crippen LogP contribution in [0.15, 0.2) is 22.6 Å². The van der Waals surface area contributed by atoms with Gasteiger partial charge in [-0.05, 0) is 25.6 Å². The fourth-order valence-corrected chi connectivity index (χ4v) is 2.53. The predicted molar refractivity (Wildman–Crippen MR) is 74.5 cm³/mol. The van der Waals surface area contributed by atoms with Crippen molar-refractivity contribution in [3.05, 3.63) is 23.8 Å². The van der Waals surface area contributed by atoms with Gasteiger partial charge in [0.25, 0.3) is 6.01 Å². The van der Waals surface area contributed by atoms with Crippen molar-refractivity contribution in [2.24, 2.45) is 0 Å². The van der Waals surface area contributed by atoms with E-state index >= 15 is 0 Å². The van der Waals surface area contributed by atoms with Crippen LogP contribution in [0.3, 0.4) is 0 Å². The predicted octanol–water partition coefficient (Wildman–Crippen LogP) is 1.25. The second-order valence-electron chi connectivity index (χ2n) is 5.18. The van der Waals surface area contributed by atoms with Gasteiger partial charge in [0.15, 0.2) is 5.58 Å². The van der Waals surface area contributed by atoms with E-state index in [2.05, 4.69) is 14.8 Å². The van der Waals surface area contributed by atoms with Gasteiger partial charge in [0.2, 0.25) is 0 Å². The van der Waals surface area contributed by atoms with E-state index in [4.69, 9.17) is 4.42 Å². The molecule has 5 nitrogen and oxygen atoms in total. The number of hydrogen-bond donors (Lipinski definition) is 1. The largest absolute Gasteiger partial charge is 0.423 e. The van der Waals surface area contributed by atoms with E-state index < -0.39 is 0 Å². The molecule has 2 aromatic rings. The zero-order valence-corrected chi connectivity index (χ0v) is 11.3. The first-order valence-electron chi connectivity index (χ1n) is 6.61. The van der Waals surface area contributed by atoms with Crippen LogP contribution in [0.5, 0.6) is 0 Å². The van der Waals surface area contributed by atoms with Gasteiger partial charge >= 0.3 is 0 Å². The zero-order valence-electron chi connectivity index (χ0n) is 11.3. The normalized spacial score (nSPS) is 21.2. The van der Waals surface area contributed by atoms with Crippen molar-refractivity contribution in [2.75, 3.05) is 38.2 Å². The summed E-state index contributed by atoms with van der Waals surface area (Å²) in [6.45, 7) is 4.71. The van der Waals surface area contributed by atoms with Gasteiger partial charge in [-0.1, -0.05) is 12.1 Å². The van der Waals surface area contributed by atoms with Crippen LogP contribution in [0.25, 0.3) is 11.1 Å². The lowest BCUT2D eigenvalue weighted by Crippen LogP contribution is -2.53. The van der Waals surface area contributed by atoms with E-state index in [0.717, 1.165) is 36.3 Å². The van der Waals surface area contributed by atoms with E-state index in [1.54, 1.807) is 0 Å². The average Bonchev–Trinajstić information content (AvgIpc) is 2.85. The molecule has 102 valence electrons. The van der Waals surface area contributed by atoms with Crippen LogP contribution in [-0.4, -0.2) is 54.3 Å². The number of likely N-dealkylation sites (N-methyl/N-ethyl adjacent to an activating group) is 1. The second kappa shape index (κ2) is 4.83. The third kappa shape index (κ3) is 2.19. The lowest BCUT2D eigenvalue weighted by Gasteiger charge is -2.37. The number of para-hydroxylation sites is 1. The summed E-state index contributed by atoms with van der Waals surface area (Å²) >= 11 is 0. The topological polar surface area (TPSA) is 52.7 Å². The standard InChI is InChI=1S/C14H19N3O2/c1-10-4-3-5-12-13(10)19-14(15-12)17-7-6-16(2)11(8-17)9-18/h3-5,11,18H,6-9H2,1-2H3. The Morgan fingerprint density at radius 1 is 1.42 bits per heavy atom. The first-order chi connectivity index (χ1) is 9.19. The number of anilines is 1. The number of aliphatic hydroxyl groups is 1. The SMILES string of the molecule is Cc1cccc2nc(N3CCN(C)C(CO)C3)oc12. The van der Waals surface area contributed by atoms with Crippen molar-refractivity contribution in [1.29, 1.82) is 0 Å². The number of aliphatic hydroxyl groups excluding tert-OH is 1. The number of hydrogen-bond acceptors (Lipinski definition) is 5. The third-order valence-electron chi connectivity index (χ3n) is 3.86. The molecule has 1 fully saturated rings. The van der Waals surface area contributed by atoms with E-state index in [-0.39, 0.29) is 12.6 Å². The summed E-state index contributed by atoms with van der Waals surface area (Å²) < 4.78 is 5.88. The Hall–Kier alpha value is -1.59. The summed E-state index contributed by atoms with van der Waals surface area (Å²) in [6, 6.07) is 6.79. The molecule has 0 bridgehead atoms. The van der Waals surface area contributed by atoms with Crippen molar-refractivity contribution >= 4 is 17.1 Å². The number of rotatable bonds is 2. The molecule has 19 heavy (non-hydrogen) atoms. The molecule has 0 aliphatic carbocycles. The van der Waals surface area contributed by atoms with Crippen molar-refractivity contribution in [3.63, 3.8) is 0 Å². The Kier molecular flexibility index (Phi) is 3.16. The van der Waals surface area contributed by atoms with E-state index in [9.17, 15) is 5.11 Å². The van der Waals surface area contributed by atoms with Gasteiger partial charge in [0, 0.05) is 19.6 Å². The van der Waals surface area contributed by atoms with Crippen LogP contribution in [0.1, 0.15) is 5.56 Å². The summed E-state index contributed by atoms with van der Waals surface area (Å²) in [5, 5.41) is 9.39. The van der Waals surface area contributed by atoms with Crippen LogP contribution in [0.2, 0.25) is 0 Å². The molecule has 0 spiro atoms. The smallest absolute Gasteiger partial charge is 0.298 e. The molecule has 0 amide bonds. The van der Waals surface area contributed by atoms with Crippen LogP contribution < -0.4 is 4.90 Å². The van der Waals surface area contributed by atoms with E-state index in [1.807, 2.05) is 32.2 Å². The lowest BCUT2D eigenvalue weighted by atomic mass is 10.2. The summed E-state index contributed by atoms with van der Waals surface area (Å²) in [6.07, 6.45) is 0. The Morgan fingerprint density at radius 2 is 2.26 bits per heavy atom. The second-order valence-corrected chi connectivity index (χ2v) is 5.18. The number of piperazine rings is 1. The Morgan fingerprint density at radius 3 is 3.00 bits per heavy atom. The van der Waals surface area contributed by atoms with Crippen LogP contribution in [0, 0.1) is 6.92 Å². The molecule has 1 aliphatic heterocycles. The van der Waals surface area contributed by atoms with Gasteiger partial charge in [-0.15, -0.1) is 0 Å². The molecule has 0 saturated carbocycles. The van der Waals surface area contributed by atoms with E-state index in [0.29, 0.717) is 6.01 Å². The Balaban J connectivity index is 1.90. The maximum Gasteiger partial charge on any atom is 0.298 e. The number of oxazole rings is 1. The van der Waals surface area contributed by atoms with Crippen molar-refractivity contribution in [1.82, 2.24) is 9.88 Å². The van der Waals surface area contributed by atoms with Crippen LogP contribution in [-0.2, 0) is 0 Å². The highest BCUT2D eigenvalue weighted by Gasteiger charge is 2.26. The summed E-state index contributed by atoms with van der Waals surface area (Å²) in [5.74, 6) is 0. The molecular weight excluding hydrogens is 242 g/mol. The number of fused-ring (bicyclic) bond motifs is 1. The molecule has 1 aromatic carbocycles. The zero-order chi connectivity index (χ0) is 13.4. The van der Waals surface area contributed by atoms with Gasteiger partial charge < -0.3 is 14.4 Å². The first kappa shape index (κ1) is 12.4. The monoisotopic (exact) mass is 261 g/mol. The molecule has 1 aliphatic rings. The maximum atomic E-state index is 9.39. The number of aromatic nitrogens is 1. The van der Waals surface area contributed by atoms with Crippen molar-refractivity contribution < 1.29 is 9.52 Å². The molecule has 1 atom stereocenters. The molecule has 1 unspecified atom stereocenters. The van der Waals surface area contributed by atoms with Crippen molar-refractivity contribution in [3.8, 4) is 0 Å². The fraction of sp³-hybridized carbons (Fsp3) is 0.500. The summed E-state index contributed by atoms with van der Waals surface area (Å²) in [4.78, 5) is 8.83. The third-order valence-corrected chi connectivity index (χ3v) is 3.86. The fourth-order valence-electron chi connectivity index (χ4n) is 2.53. The minimum Gasteiger partial charge on any atom is -0.423 e. The van der Waals surface area contributed by atoms with Crippen LogP contribution >= 0.6 is 0 Å². The number of benzene rings is 1. The van der Waals surface area contributed by atoms with Crippen molar-refractivity contribution in [2.45, 2.75) is 13.0 Å². The molecule has 0 radical (unpaired) electrons. The Labute approximate surface area is 112 Å². The van der Waals surface area contributed by atoms with Gasteiger partial charge in [-0.2, -0.15) is 4.98 Å². The van der Waals surface area contributed by atoms with Gasteiger partial charge in [-0.25, -0.2) is 0 Å². The molecule has 2 heterocycles.